The molecule has 0 bridgehead atoms. The first kappa shape index (κ1) is 18.4. The molecule has 0 aromatic heterocycles. The molecule has 0 heterocycles. The molecule has 3 atom stereocenters. The van der Waals surface area contributed by atoms with Gasteiger partial charge in [-0.2, -0.15) is 5.26 Å². The maximum atomic E-state index is 9.69. The van der Waals surface area contributed by atoms with Crippen LogP contribution in [0, 0.1) is 11.3 Å². The topological polar surface area (TPSA) is 42.3 Å². The molecule has 1 N–H and O–H groups in total. The van der Waals surface area contributed by atoms with E-state index < -0.39 is 0 Å². The monoisotopic (exact) mass is 294 g/mol. The van der Waals surface area contributed by atoms with Crippen molar-refractivity contribution in [1.29, 1.82) is 5.26 Å². The quantitative estimate of drug-likeness (QED) is 0.747. The molecule has 1 aliphatic carbocycles. The van der Waals surface area contributed by atoms with Crippen molar-refractivity contribution < 1.29 is 0 Å². The average Bonchev–Trinajstić information content (AvgIpc) is 2.45. The highest BCUT2D eigenvalue weighted by atomic mass is 15.2. The Morgan fingerprint density at radius 1 is 1.38 bits per heavy atom. The zero-order chi connectivity index (χ0) is 15.9. The summed E-state index contributed by atoms with van der Waals surface area (Å²) in [4.78, 5) is 4.85. The van der Waals surface area contributed by atoms with Gasteiger partial charge >= 0.3 is 0 Å². The first-order chi connectivity index (χ1) is 9.98. The van der Waals surface area contributed by atoms with Gasteiger partial charge in [-0.25, -0.2) is 0 Å². The highest BCUT2D eigenvalue weighted by molar-refractivity contribution is 5.11. The summed E-state index contributed by atoms with van der Waals surface area (Å²) in [5.41, 5.74) is -0.301. The van der Waals surface area contributed by atoms with Crippen LogP contribution in [0.1, 0.15) is 52.9 Å². The second-order valence-corrected chi connectivity index (χ2v) is 6.81. The maximum absolute atomic E-state index is 9.69. The number of nitrogens with one attached hydrogen (secondary N) is 1. The van der Waals surface area contributed by atoms with Gasteiger partial charge in [-0.05, 0) is 66.2 Å². The first-order valence-corrected chi connectivity index (χ1v) is 8.54. The number of nitrogens with zero attached hydrogens (tertiary/aromatic N) is 3. The van der Waals surface area contributed by atoms with E-state index in [1.54, 1.807) is 0 Å². The third-order valence-corrected chi connectivity index (χ3v) is 4.68. The molecule has 0 aliphatic heterocycles. The van der Waals surface area contributed by atoms with Crippen LogP contribution in [0.5, 0.6) is 0 Å². The molecule has 4 heteroatoms. The summed E-state index contributed by atoms with van der Waals surface area (Å²) in [6.45, 7) is 9.80. The van der Waals surface area contributed by atoms with E-state index in [0.29, 0.717) is 12.1 Å². The SMILES string of the molecule is CCCNC1(C#N)CCCC(N(CC)C(C)CN(C)C)C1. The molecule has 1 fully saturated rings. The Morgan fingerprint density at radius 3 is 2.62 bits per heavy atom. The van der Waals surface area contributed by atoms with Crippen molar-refractivity contribution >= 4 is 0 Å². The van der Waals surface area contributed by atoms with Crippen LogP contribution in [-0.2, 0) is 0 Å². The Bertz CT molecular complexity index is 336. The van der Waals surface area contributed by atoms with E-state index in [-0.39, 0.29) is 5.54 Å². The number of likely N-dealkylation sites (N-methyl/N-ethyl adjacent to an activating group) is 2. The predicted molar refractivity (Wildman–Crippen MR) is 89.3 cm³/mol. The fourth-order valence-electron chi connectivity index (χ4n) is 3.76. The lowest BCUT2D eigenvalue weighted by Gasteiger charge is -2.44. The van der Waals surface area contributed by atoms with Gasteiger partial charge in [0, 0.05) is 18.6 Å². The second kappa shape index (κ2) is 8.73. The van der Waals surface area contributed by atoms with Crippen LogP contribution < -0.4 is 5.32 Å². The van der Waals surface area contributed by atoms with E-state index in [9.17, 15) is 5.26 Å². The highest BCUT2D eigenvalue weighted by Gasteiger charge is 2.38. The molecule has 1 aliphatic rings. The Morgan fingerprint density at radius 2 is 2.10 bits per heavy atom. The summed E-state index contributed by atoms with van der Waals surface area (Å²) in [7, 11) is 4.27. The zero-order valence-corrected chi connectivity index (χ0v) is 14.7. The minimum Gasteiger partial charge on any atom is -0.308 e. The molecule has 0 radical (unpaired) electrons. The third-order valence-electron chi connectivity index (χ3n) is 4.68. The van der Waals surface area contributed by atoms with E-state index in [1.807, 2.05) is 0 Å². The van der Waals surface area contributed by atoms with Gasteiger partial charge < -0.3 is 4.90 Å². The van der Waals surface area contributed by atoms with Crippen LogP contribution in [-0.4, -0.2) is 61.2 Å². The molecule has 0 amide bonds. The summed E-state index contributed by atoms with van der Waals surface area (Å²) in [6.07, 6.45) is 5.43. The van der Waals surface area contributed by atoms with Crippen molar-refractivity contribution in [1.82, 2.24) is 15.1 Å². The average molecular weight is 294 g/mol. The van der Waals surface area contributed by atoms with Crippen molar-refractivity contribution in [2.24, 2.45) is 0 Å². The normalized spacial score (nSPS) is 27.8. The largest absolute Gasteiger partial charge is 0.308 e. The van der Waals surface area contributed by atoms with E-state index in [1.165, 1.54) is 6.42 Å². The molecule has 0 spiro atoms. The molecule has 0 saturated heterocycles. The van der Waals surface area contributed by atoms with Gasteiger partial charge in [-0.15, -0.1) is 0 Å². The second-order valence-electron chi connectivity index (χ2n) is 6.81. The molecule has 21 heavy (non-hydrogen) atoms. The minimum atomic E-state index is -0.301. The fourth-order valence-corrected chi connectivity index (χ4v) is 3.76. The maximum Gasteiger partial charge on any atom is 0.108 e. The van der Waals surface area contributed by atoms with E-state index >= 15 is 0 Å². The molecular weight excluding hydrogens is 260 g/mol. The zero-order valence-electron chi connectivity index (χ0n) is 14.7. The van der Waals surface area contributed by atoms with E-state index in [4.69, 9.17) is 0 Å². The molecule has 4 nitrogen and oxygen atoms in total. The highest BCUT2D eigenvalue weighted by Crippen LogP contribution is 2.32. The van der Waals surface area contributed by atoms with Crippen molar-refractivity contribution in [2.75, 3.05) is 33.7 Å². The van der Waals surface area contributed by atoms with Crippen molar-refractivity contribution in [3.8, 4) is 6.07 Å². The van der Waals surface area contributed by atoms with E-state index in [0.717, 1.165) is 45.3 Å². The van der Waals surface area contributed by atoms with Crippen LogP contribution >= 0.6 is 0 Å². The molecule has 0 aromatic carbocycles. The van der Waals surface area contributed by atoms with Crippen molar-refractivity contribution in [3.63, 3.8) is 0 Å². The predicted octanol–water partition coefficient (Wildman–Crippen LogP) is 2.46. The Balaban J connectivity index is 2.74. The molecule has 1 rings (SSSR count). The van der Waals surface area contributed by atoms with Gasteiger partial charge in [-0.3, -0.25) is 10.2 Å². The van der Waals surface area contributed by atoms with Gasteiger partial charge in [0.1, 0.15) is 5.54 Å². The van der Waals surface area contributed by atoms with Gasteiger partial charge in [0.25, 0.3) is 0 Å². The lowest BCUT2D eigenvalue weighted by atomic mass is 9.79. The summed E-state index contributed by atoms with van der Waals surface area (Å²) in [5.74, 6) is 0. The summed E-state index contributed by atoms with van der Waals surface area (Å²) in [6, 6.07) is 3.66. The lowest BCUT2D eigenvalue weighted by Crippen LogP contribution is -2.55. The Hall–Kier alpha value is -0.630. The standard InChI is InChI=1S/C17H34N4/c1-6-11-19-17(14-18)10-8-9-16(12-17)21(7-2)15(3)13-20(4)5/h15-16,19H,6-13H2,1-5H3. The molecule has 3 unspecified atom stereocenters. The molecule has 122 valence electrons. The molecular formula is C17H34N4. The van der Waals surface area contributed by atoms with Crippen LogP contribution in [0.4, 0.5) is 0 Å². The minimum absolute atomic E-state index is 0.301. The Labute approximate surface area is 131 Å². The third kappa shape index (κ3) is 5.25. The van der Waals surface area contributed by atoms with Gasteiger partial charge in [0.05, 0.1) is 6.07 Å². The number of hydrogen-bond donors (Lipinski definition) is 1. The lowest BCUT2D eigenvalue weighted by molar-refractivity contribution is 0.0787. The van der Waals surface area contributed by atoms with Crippen molar-refractivity contribution in [2.45, 2.75) is 70.5 Å². The van der Waals surface area contributed by atoms with Crippen LogP contribution in [0.2, 0.25) is 0 Å². The smallest absolute Gasteiger partial charge is 0.108 e. The van der Waals surface area contributed by atoms with Gasteiger partial charge in [0.2, 0.25) is 0 Å². The fraction of sp³-hybridized carbons (Fsp3) is 0.941. The molecule has 0 aromatic rings. The van der Waals surface area contributed by atoms with Crippen LogP contribution in [0.25, 0.3) is 0 Å². The van der Waals surface area contributed by atoms with Crippen LogP contribution in [0.15, 0.2) is 0 Å². The Kier molecular flexibility index (Phi) is 7.65. The summed E-state index contributed by atoms with van der Waals surface area (Å²) < 4.78 is 0. The van der Waals surface area contributed by atoms with Crippen molar-refractivity contribution in [3.05, 3.63) is 0 Å². The van der Waals surface area contributed by atoms with Crippen LogP contribution in [0.3, 0.4) is 0 Å². The summed E-state index contributed by atoms with van der Waals surface area (Å²) >= 11 is 0. The number of hydrogen-bond acceptors (Lipinski definition) is 4. The van der Waals surface area contributed by atoms with Gasteiger partial charge in [0.15, 0.2) is 0 Å². The first-order valence-electron chi connectivity index (χ1n) is 8.54. The summed E-state index contributed by atoms with van der Waals surface area (Å²) in [5, 5.41) is 13.2. The van der Waals surface area contributed by atoms with E-state index in [2.05, 4.69) is 56.1 Å². The van der Waals surface area contributed by atoms with Gasteiger partial charge in [-0.1, -0.05) is 13.8 Å². The number of nitriles is 1. The number of rotatable bonds is 8. The molecule has 1 saturated carbocycles.